The van der Waals surface area contributed by atoms with Gasteiger partial charge in [-0.3, -0.25) is 9.59 Å². The number of rotatable bonds is 5. The molecular formula is C8H15N3O4. The molecule has 0 aromatic carbocycles. The summed E-state index contributed by atoms with van der Waals surface area (Å²) in [6.45, 7) is 3.01. The van der Waals surface area contributed by atoms with Crippen molar-refractivity contribution < 1.29 is 19.5 Å². The van der Waals surface area contributed by atoms with Gasteiger partial charge in [0, 0.05) is 6.04 Å². The van der Waals surface area contributed by atoms with Gasteiger partial charge in [-0.2, -0.15) is 0 Å². The Kier molecular flexibility index (Phi) is 5.14. The number of urea groups is 1. The molecule has 0 heterocycles. The van der Waals surface area contributed by atoms with Crippen molar-refractivity contribution in [2.24, 2.45) is 5.73 Å². The van der Waals surface area contributed by atoms with Crippen molar-refractivity contribution in [1.29, 1.82) is 0 Å². The van der Waals surface area contributed by atoms with Gasteiger partial charge in [0.15, 0.2) is 0 Å². The first-order valence-corrected chi connectivity index (χ1v) is 4.41. The largest absolute Gasteiger partial charge is 0.481 e. The zero-order chi connectivity index (χ0) is 12.0. The predicted molar refractivity (Wildman–Crippen MR) is 52.0 cm³/mol. The lowest BCUT2D eigenvalue weighted by Gasteiger charge is -2.16. The third-order valence-electron chi connectivity index (χ3n) is 1.62. The molecule has 3 amide bonds. The van der Waals surface area contributed by atoms with E-state index in [0.717, 1.165) is 0 Å². The maximum absolute atomic E-state index is 11.3. The second kappa shape index (κ2) is 5.84. The first-order valence-electron chi connectivity index (χ1n) is 4.41. The van der Waals surface area contributed by atoms with Crippen LogP contribution in [0.25, 0.3) is 0 Å². The zero-order valence-corrected chi connectivity index (χ0v) is 8.61. The highest BCUT2D eigenvalue weighted by atomic mass is 16.4. The van der Waals surface area contributed by atoms with E-state index in [1.807, 2.05) is 0 Å². The number of nitrogens with one attached hydrogen (secondary N) is 2. The van der Waals surface area contributed by atoms with Crippen molar-refractivity contribution >= 4 is 17.9 Å². The van der Waals surface area contributed by atoms with Crippen molar-refractivity contribution in [3.05, 3.63) is 0 Å². The molecule has 15 heavy (non-hydrogen) atoms. The fraction of sp³-hybridized carbons (Fsp3) is 0.625. The van der Waals surface area contributed by atoms with Gasteiger partial charge in [-0.1, -0.05) is 0 Å². The van der Waals surface area contributed by atoms with Crippen molar-refractivity contribution in [3.8, 4) is 0 Å². The Morgan fingerprint density at radius 3 is 2.20 bits per heavy atom. The average Bonchev–Trinajstić information content (AvgIpc) is 2.00. The van der Waals surface area contributed by atoms with Crippen LogP contribution >= 0.6 is 0 Å². The molecule has 7 nitrogen and oxygen atoms in total. The molecule has 0 aromatic rings. The van der Waals surface area contributed by atoms with E-state index in [4.69, 9.17) is 10.8 Å². The molecule has 2 atom stereocenters. The Morgan fingerprint density at radius 1 is 1.27 bits per heavy atom. The van der Waals surface area contributed by atoms with Crippen LogP contribution in [0.15, 0.2) is 0 Å². The van der Waals surface area contributed by atoms with Crippen LogP contribution in [0, 0.1) is 0 Å². The van der Waals surface area contributed by atoms with Gasteiger partial charge in [0.05, 0.1) is 6.42 Å². The quantitative estimate of drug-likeness (QED) is 0.473. The standard InChI is InChI=1S/C8H15N3O4/c1-4(3-6(12)13)10-7(14)5(2)11-8(9)15/h4-5H,3H2,1-2H3,(H,10,14)(H,12,13)(H3,9,11,15). The molecule has 0 radical (unpaired) electrons. The normalized spacial score (nSPS) is 13.7. The lowest BCUT2D eigenvalue weighted by molar-refractivity contribution is -0.137. The summed E-state index contributed by atoms with van der Waals surface area (Å²) in [7, 11) is 0. The number of hydrogen-bond donors (Lipinski definition) is 4. The smallest absolute Gasteiger partial charge is 0.312 e. The van der Waals surface area contributed by atoms with Crippen LogP contribution in [0.4, 0.5) is 4.79 Å². The van der Waals surface area contributed by atoms with Gasteiger partial charge in [0.25, 0.3) is 0 Å². The summed E-state index contributed by atoms with van der Waals surface area (Å²) in [4.78, 5) is 32.0. The second-order valence-electron chi connectivity index (χ2n) is 3.24. The number of carbonyl (C=O) groups is 3. The van der Waals surface area contributed by atoms with E-state index in [-0.39, 0.29) is 6.42 Å². The lowest BCUT2D eigenvalue weighted by atomic mass is 10.2. The fourth-order valence-corrected chi connectivity index (χ4v) is 0.960. The minimum Gasteiger partial charge on any atom is -0.481 e. The number of nitrogens with two attached hydrogens (primary N) is 1. The SMILES string of the molecule is CC(CC(=O)O)NC(=O)C(C)NC(N)=O. The molecule has 7 heteroatoms. The summed E-state index contributed by atoms with van der Waals surface area (Å²) < 4.78 is 0. The topological polar surface area (TPSA) is 122 Å². The predicted octanol–water partition coefficient (Wildman–Crippen LogP) is -0.977. The monoisotopic (exact) mass is 217 g/mol. The molecular weight excluding hydrogens is 202 g/mol. The van der Waals surface area contributed by atoms with Crippen LogP contribution in [-0.4, -0.2) is 35.1 Å². The van der Waals surface area contributed by atoms with Gasteiger partial charge in [-0.25, -0.2) is 4.79 Å². The minimum atomic E-state index is -1.00. The highest BCUT2D eigenvalue weighted by molar-refractivity contribution is 5.86. The van der Waals surface area contributed by atoms with Gasteiger partial charge in [0.1, 0.15) is 6.04 Å². The van der Waals surface area contributed by atoms with Crippen LogP contribution in [0.2, 0.25) is 0 Å². The summed E-state index contributed by atoms with van der Waals surface area (Å²) in [6, 6.07) is -2.07. The van der Waals surface area contributed by atoms with E-state index in [0.29, 0.717) is 0 Å². The zero-order valence-electron chi connectivity index (χ0n) is 8.61. The first kappa shape index (κ1) is 13.2. The van der Waals surface area contributed by atoms with E-state index in [1.165, 1.54) is 6.92 Å². The number of aliphatic carboxylic acids is 1. The maximum Gasteiger partial charge on any atom is 0.312 e. The van der Waals surface area contributed by atoms with E-state index in [9.17, 15) is 14.4 Å². The molecule has 0 aromatic heterocycles. The summed E-state index contributed by atoms with van der Waals surface area (Å²) >= 11 is 0. The van der Waals surface area contributed by atoms with Crippen molar-refractivity contribution in [2.45, 2.75) is 32.4 Å². The number of hydrogen-bond acceptors (Lipinski definition) is 3. The first-order chi connectivity index (χ1) is 6.82. The van der Waals surface area contributed by atoms with E-state index in [2.05, 4.69) is 10.6 Å². The number of carboxylic acid groups (broad SMARTS) is 1. The highest BCUT2D eigenvalue weighted by Gasteiger charge is 2.17. The minimum absolute atomic E-state index is 0.172. The molecule has 2 unspecified atom stereocenters. The van der Waals surface area contributed by atoms with Crippen LogP contribution in [0.5, 0.6) is 0 Å². The summed E-state index contributed by atoms with van der Waals surface area (Å²) in [6.07, 6.45) is -0.172. The van der Waals surface area contributed by atoms with E-state index >= 15 is 0 Å². The molecule has 86 valence electrons. The van der Waals surface area contributed by atoms with Gasteiger partial charge in [-0.05, 0) is 13.8 Å². The van der Waals surface area contributed by atoms with Gasteiger partial charge in [-0.15, -0.1) is 0 Å². The molecule has 0 saturated carbocycles. The maximum atomic E-state index is 11.3. The number of primary amides is 1. The fourth-order valence-electron chi connectivity index (χ4n) is 0.960. The van der Waals surface area contributed by atoms with Crippen molar-refractivity contribution in [2.75, 3.05) is 0 Å². The number of carboxylic acids is 1. The molecule has 0 aliphatic rings. The number of carbonyl (C=O) groups excluding carboxylic acids is 2. The number of amides is 3. The summed E-state index contributed by atoms with van der Waals surface area (Å²) in [5.41, 5.74) is 4.82. The molecule has 0 saturated heterocycles. The summed E-state index contributed by atoms with van der Waals surface area (Å²) in [5, 5.41) is 13.0. The molecule has 5 N–H and O–H groups in total. The Balaban J connectivity index is 4.01. The van der Waals surface area contributed by atoms with Gasteiger partial charge in [0.2, 0.25) is 5.91 Å². The van der Waals surface area contributed by atoms with Crippen molar-refractivity contribution in [3.63, 3.8) is 0 Å². The Labute approximate surface area is 87.0 Å². The molecule has 0 fully saturated rings. The van der Waals surface area contributed by atoms with Gasteiger partial charge >= 0.3 is 12.0 Å². The Hall–Kier alpha value is -1.79. The third-order valence-corrected chi connectivity index (χ3v) is 1.62. The van der Waals surface area contributed by atoms with E-state index in [1.54, 1.807) is 6.92 Å². The van der Waals surface area contributed by atoms with Crippen molar-refractivity contribution in [1.82, 2.24) is 10.6 Å². The lowest BCUT2D eigenvalue weighted by Crippen LogP contribution is -2.49. The Morgan fingerprint density at radius 2 is 1.80 bits per heavy atom. The molecule has 0 aliphatic carbocycles. The molecule has 0 aliphatic heterocycles. The highest BCUT2D eigenvalue weighted by Crippen LogP contribution is 1.92. The summed E-state index contributed by atoms with van der Waals surface area (Å²) in [5.74, 6) is -1.47. The molecule has 0 bridgehead atoms. The molecule has 0 spiro atoms. The molecule has 0 rings (SSSR count). The van der Waals surface area contributed by atoms with Gasteiger partial charge < -0.3 is 21.5 Å². The third kappa shape index (κ3) is 6.30. The average molecular weight is 217 g/mol. The van der Waals surface area contributed by atoms with Crippen LogP contribution in [0.1, 0.15) is 20.3 Å². The second-order valence-corrected chi connectivity index (χ2v) is 3.24. The van der Waals surface area contributed by atoms with E-state index < -0.39 is 30.0 Å². The van der Waals surface area contributed by atoms with Crippen LogP contribution in [0.3, 0.4) is 0 Å². The van der Waals surface area contributed by atoms with Crippen LogP contribution in [-0.2, 0) is 9.59 Å². The Bertz CT molecular complexity index is 267. The van der Waals surface area contributed by atoms with Crippen LogP contribution < -0.4 is 16.4 Å².